The molecule has 1 saturated heterocycles. The number of likely N-dealkylation sites (N-methyl/N-ethyl adjacent to an activating group) is 1. The van der Waals surface area contributed by atoms with Gasteiger partial charge in [-0.3, -0.25) is 4.79 Å². The van der Waals surface area contributed by atoms with E-state index in [1.165, 1.54) is 12.1 Å². The average Bonchev–Trinajstić information content (AvgIpc) is 2.32. The van der Waals surface area contributed by atoms with Crippen LogP contribution in [0.4, 0.5) is 8.78 Å². The molecule has 0 aliphatic carbocycles. The van der Waals surface area contributed by atoms with Crippen LogP contribution in [0.5, 0.6) is 0 Å². The maximum absolute atomic E-state index is 13.2. The van der Waals surface area contributed by atoms with Crippen molar-refractivity contribution in [3.63, 3.8) is 0 Å². The lowest BCUT2D eigenvalue weighted by atomic mass is 10.0. The van der Waals surface area contributed by atoms with E-state index in [9.17, 15) is 13.6 Å². The third-order valence-corrected chi connectivity index (χ3v) is 3.50. The minimum Gasteiger partial charge on any atom is -0.344 e. The van der Waals surface area contributed by atoms with Crippen LogP contribution in [0.15, 0.2) is 18.2 Å². The summed E-state index contributed by atoms with van der Waals surface area (Å²) in [5, 5.41) is 3.31. The number of carbonyl (C=O) groups excluding carboxylic acids is 1. The maximum Gasteiger partial charge on any atom is 0.222 e. The molecule has 1 amide bonds. The fourth-order valence-corrected chi connectivity index (χ4v) is 2.42. The van der Waals surface area contributed by atoms with E-state index in [1.54, 1.807) is 11.9 Å². The van der Waals surface area contributed by atoms with Crippen LogP contribution in [0.2, 0.25) is 0 Å². The minimum absolute atomic E-state index is 0.141. The second-order valence-corrected chi connectivity index (χ2v) is 5.10. The first-order chi connectivity index (χ1) is 8.95. The fourth-order valence-electron chi connectivity index (χ4n) is 2.42. The van der Waals surface area contributed by atoms with Crippen LogP contribution < -0.4 is 5.32 Å². The van der Waals surface area contributed by atoms with Crippen molar-refractivity contribution < 1.29 is 13.6 Å². The van der Waals surface area contributed by atoms with Gasteiger partial charge < -0.3 is 10.2 Å². The van der Waals surface area contributed by atoms with Gasteiger partial charge >= 0.3 is 0 Å². The quantitative estimate of drug-likeness (QED) is 0.911. The lowest BCUT2D eigenvalue weighted by Crippen LogP contribution is -2.47. The SMILES string of the molecule is CC(NC1CCC(=O)N(C)C1)c1cc(F)cc(F)c1. The summed E-state index contributed by atoms with van der Waals surface area (Å²) >= 11 is 0. The molecule has 1 fully saturated rings. The van der Waals surface area contributed by atoms with Crippen molar-refractivity contribution in [2.45, 2.75) is 31.8 Å². The highest BCUT2D eigenvalue weighted by atomic mass is 19.1. The molecule has 0 saturated carbocycles. The number of benzene rings is 1. The molecule has 0 aromatic heterocycles. The van der Waals surface area contributed by atoms with Crippen molar-refractivity contribution in [3.8, 4) is 0 Å². The number of nitrogens with one attached hydrogen (secondary N) is 1. The van der Waals surface area contributed by atoms with Crippen molar-refractivity contribution in [2.75, 3.05) is 13.6 Å². The summed E-state index contributed by atoms with van der Waals surface area (Å²) in [6.07, 6.45) is 1.27. The molecule has 2 unspecified atom stereocenters. The van der Waals surface area contributed by atoms with E-state index in [2.05, 4.69) is 5.32 Å². The number of nitrogens with zero attached hydrogens (tertiary/aromatic N) is 1. The smallest absolute Gasteiger partial charge is 0.222 e. The molecule has 2 atom stereocenters. The Morgan fingerprint density at radius 1 is 1.32 bits per heavy atom. The molecule has 19 heavy (non-hydrogen) atoms. The molecule has 1 aliphatic rings. The Morgan fingerprint density at radius 3 is 2.53 bits per heavy atom. The van der Waals surface area contributed by atoms with E-state index in [0.717, 1.165) is 12.5 Å². The molecule has 104 valence electrons. The summed E-state index contributed by atoms with van der Waals surface area (Å²) in [6.45, 7) is 2.49. The standard InChI is InChI=1S/C14H18F2N2O/c1-9(10-5-11(15)7-12(16)6-10)17-13-3-4-14(19)18(2)8-13/h5-7,9,13,17H,3-4,8H2,1-2H3. The van der Waals surface area contributed by atoms with Gasteiger partial charge in [0.2, 0.25) is 5.91 Å². The van der Waals surface area contributed by atoms with Gasteiger partial charge in [-0.25, -0.2) is 8.78 Å². The molecule has 1 heterocycles. The van der Waals surface area contributed by atoms with Gasteiger partial charge in [0.25, 0.3) is 0 Å². The van der Waals surface area contributed by atoms with Gasteiger partial charge in [0.05, 0.1) is 0 Å². The Morgan fingerprint density at radius 2 is 1.95 bits per heavy atom. The Balaban J connectivity index is 2.00. The number of halogens is 2. The Kier molecular flexibility index (Phi) is 4.14. The van der Waals surface area contributed by atoms with Crippen LogP contribution in [0.1, 0.15) is 31.4 Å². The Bertz CT molecular complexity index is 458. The molecule has 5 heteroatoms. The van der Waals surface area contributed by atoms with Gasteiger partial charge in [0, 0.05) is 38.2 Å². The first kappa shape index (κ1) is 13.9. The second kappa shape index (κ2) is 5.65. The highest BCUT2D eigenvalue weighted by Gasteiger charge is 2.24. The molecule has 2 rings (SSSR count). The van der Waals surface area contributed by atoms with E-state index in [1.807, 2.05) is 6.92 Å². The molecule has 1 N–H and O–H groups in total. The highest BCUT2D eigenvalue weighted by molar-refractivity contribution is 5.76. The zero-order valence-electron chi connectivity index (χ0n) is 11.1. The van der Waals surface area contributed by atoms with E-state index in [0.29, 0.717) is 18.5 Å². The number of rotatable bonds is 3. The molecule has 0 spiro atoms. The van der Waals surface area contributed by atoms with Gasteiger partial charge in [0.1, 0.15) is 11.6 Å². The van der Waals surface area contributed by atoms with Gasteiger partial charge in [0.15, 0.2) is 0 Å². The van der Waals surface area contributed by atoms with E-state index < -0.39 is 11.6 Å². The highest BCUT2D eigenvalue weighted by Crippen LogP contribution is 2.19. The molecule has 0 bridgehead atoms. The van der Waals surface area contributed by atoms with Crippen molar-refractivity contribution in [1.29, 1.82) is 0 Å². The Hall–Kier alpha value is -1.49. The summed E-state index contributed by atoms with van der Waals surface area (Å²) in [5.41, 5.74) is 0.581. The Labute approximate surface area is 111 Å². The summed E-state index contributed by atoms with van der Waals surface area (Å²) in [5.74, 6) is -0.998. The number of likely N-dealkylation sites (tertiary alicyclic amines) is 1. The summed E-state index contributed by atoms with van der Waals surface area (Å²) < 4.78 is 26.3. The van der Waals surface area contributed by atoms with Gasteiger partial charge in [-0.05, 0) is 31.0 Å². The van der Waals surface area contributed by atoms with Gasteiger partial charge in [-0.1, -0.05) is 0 Å². The summed E-state index contributed by atoms with van der Waals surface area (Å²) in [7, 11) is 1.77. The van der Waals surface area contributed by atoms with Crippen LogP contribution in [0.3, 0.4) is 0 Å². The van der Waals surface area contributed by atoms with Crippen molar-refractivity contribution in [3.05, 3.63) is 35.4 Å². The monoisotopic (exact) mass is 268 g/mol. The molecule has 1 aromatic carbocycles. The summed E-state index contributed by atoms with van der Waals surface area (Å²) in [4.78, 5) is 13.1. The third kappa shape index (κ3) is 3.50. The van der Waals surface area contributed by atoms with E-state index in [4.69, 9.17) is 0 Å². The lowest BCUT2D eigenvalue weighted by Gasteiger charge is -2.32. The summed E-state index contributed by atoms with van der Waals surface area (Å²) in [6, 6.07) is 3.53. The average molecular weight is 268 g/mol. The third-order valence-electron chi connectivity index (χ3n) is 3.50. The predicted octanol–water partition coefficient (Wildman–Crippen LogP) is 2.24. The zero-order valence-corrected chi connectivity index (χ0v) is 11.1. The van der Waals surface area contributed by atoms with E-state index in [-0.39, 0.29) is 18.0 Å². The number of carbonyl (C=O) groups is 1. The topological polar surface area (TPSA) is 32.3 Å². The van der Waals surface area contributed by atoms with Crippen LogP contribution in [-0.4, -0.2) is 30.4 Å². The van der Waals surface area contributed by atoms with Crippen LogP contribution in [0, 0.1) is 11.6 Å². The van der Waals surface area contributed by atoms with E-state index >= 15 is 0 Å². The number of piperidine rings is 1. The van der Waals surface area contributed by atoms with Crippen LogP contribution in [0.25, 0.3) is 0 Å². The molecular formula is C14H18F2N2O. The number of hydrogen-bond acceptors (Lipinski definition) is 2. The van der Waals surface area contributed by atoms with Crippen molar-refractivity contribution in [2.24, 2.45) is 0 Å². The van der Waals surface area contributed by atoms with Crippen LogP contribution >= 0.6 is 0 Å². The minimum atomic E-state index is -0.570. The van der Waals surface area contributed by atoms with Gasteiger partial charge in [-0.15, -0.1) is 0 Å². The zero-order chi connectivity index (χ0) is 14.0. The lowest BCUT2D eigenvalue weighted by molar-refractivity contribution is -0.132. The fraction of sp³-hybridized carbons (Fsp3) is 0.500. The largest absolute Gasteiger partial charge is 0.344 e. The second-order valence-electron chi connectivity index (χ2n) is 5.10. The normalized spacial score (nSPS) is 21.6. The molecular weight excluding hydrogens is 250 g/mol. The molecule has 1 aliphatic heterocycles. The molecule has 0 radical (unpaired) electrons. The first-order valence-corrected chi connectivity index (χ1v) is 6.41. The molecule has 1 aromatic rings. The van der Waals surface area contributed by atoms with Gasteiger partial charge in [-0.2, -0.15) is 0 Å². The predicted molar refractivity (Wildman–Crippen MR) is 68.6 cm³/mol. The molecule has 3 nitrogen and oxygen atoms in total. The first-order valence-electron chi connectivity index (χ1n) is 6.41. The number of amides is 1. The van der Waals surface area contributed by atoms with Crippen molar-refractivity contribution >= 4 is 5.91 Å². The maximum atomic E-state index is 13.2. The number of hydrogen-bond donors (Lipinski definition) is 1. The van der Waals surface area contributed by atoms with Crippen molar-refractivity contribution in [1.82, 2.24) is 10.2 Å². The van der Waals surface area contributed by atoms with Crippen LogP contribution in [-0.2, 0) is 4.79 Å².